The molecule has 0 spiro atoms. The van der Waals surface area contributed by atoms with Crippen molar-refractivity contribution in [1.29, 1.82) is 0 Å². The Kier molecular flexibility index (Phi) is 2.43. The predicted molar refractivity (Wildman–Crippen MR) is 41.7 cm³/mol. The SMILES string of the molecule is CC(=O)CC1C=CC=CC1. The van der Waals surface area contributed by atoms with Gasteiger partial charge in [0.2, 0.25) is 0 Å². The van der Waals surface area contributed by atoms with Crippen LogP contribution in [0, 0.1) is 5.92 Å². The van der Waals surface area contributed by atoms with E-state index in [2.05, 4.69) is 12.2 Å². The summed E-state index contributed by atoms with van der Waals surface area (Å²) in [7, 11) is 0. The molecule has 0 aromatic carbocycles. The Morgan fingerprint density at radius 2 is 2.40 bits per heavy atom. The first-order valence-corrected chi connectivity index (χ1v) is 3.62. The van der Waals surface area contributed by atoms with Gasteiger partial charge in [0.25, 0.3) is 0 Å². The highest BCUT2D eigenvalue weighted by Gasteiger charge is 2.06. The second-order valence-corrected chi connectivity index (χ2v) is 2.71. The Morgan fingerprint density at radius 1 is 1.60 bits per heavy atom. The first-order valence-electron chi connectivity index (χ1n) is 3.62. The minimum atomic E-state index is 0.282. The average molecular weight is 136 g/mol. The third kappa shape index (κ3) is 2.18. The third-order valence-corrected chi connectivity index (χ3v) is 1.62. The highest BCUT2D eigenvalue weighted by molar-refractivity contribution is 5.76. The van der Waals surface area contributed by atoms with Crippen LogP contribution >= 0.6 is 0 Å². The third-order valence-electron chi connectivity index (χ3n) is 1.62. The Hall–Kier alpha value is -0.850. The van der Waals surface area contributed by atoms with Crippen LogP contribution < -0.4 is 0 Å². The summed E-state index contributed by atoms with van der Waals surface area (Å²) in [5.74, 6) is 0.743. The fraction of sp³-hybridized carbons (Fsp3) is 0.444. The monoisotopic (exact) mass is 136 g/mol. The van der Waals surface area contributed by atoms with Crippen LogP contribution in [0.3, 0.4) is 0 Å². The van der Waals surface area contributed by atoms with Gasteiger partial charge in [-0.25, -0.2) is 0 Å². The fourth-order valence-electron chi connectivity index (χ4n) is 1.15. The standard InChI is InChI=1S/C9H12O/c1-8(10)7-9-5-3-2-4-6-9/h2-5,9H,6-7H2,1H3. The van der Waals surface area contributed by atoms with Gasteiger partial charge in [-0.2, -0.15) is 0 Å². The molecule has 0 saturated heterocycles. The molecule has 10 heavy (non-hydrogen) atoms. The van der Waals surface area contributed by atoms with E-state index in [4.69, 9.17) is 0 Å². The molecule has 0 fully saturated rings. The van der Waals surface area contributed by atoms with E-state index < -0.39 is 0 Å². The number of ketones is 1. The van der Waals surface area contributed by atoms with Crippen LogP contribution in [-0.4, -0.2) is 5.78 Å². The van der Waals surface area contributed by atoms with Gasteiger partial charge in [-0.05, 0) is 19.3 Å². The molecule has 1 heteroatoms. The molecule has 1 rings (SSSR count). The van der Waals surface area contributed by atoms with Crippen LogP contribution in [0.15, 0.2) is 24.3 Å². The lowest BCUT2D eigenvalue weighted by atomic mass is 9.96. The summed E-state index contributed by atoms with van der Waals surface area (Å²) in [4.78, 5) is 10.7. The van der Waals surface area contributed by atoms with Crippen molar-refractivity contribution in [3.63, 3.8) is 0 Å². The summed E-state index contributed by atoms with van der Waals surface area (Å²) >= 11 is 0. The molecule has 54 valence electrons. The van der Waals surface area contributed by atoms with Gasteiger partial charge in [-0.3, -0.25) is 0 Å². The van der Waals surface area contributed by atoms with Crippen LogP contribution in [0.4, 0.5) is 0 Å². The van der Waals surface area contributed by atoms with Crippen LogP contribution in [0.1, 0.15) is 19.8 Å². The summed E-state index contributed by atoms with van der Waals surface area (Å²) in [6.07, 6.45) is 9.96. The number of hydrogen-bond donors (Lipinski definition) is 0. The van der Waals surface area contributed by atoms with E-state index in [0.29, 0.717) is 12.3 Å². The molecule has 1 aliphatic rings. The average Bonchev–Trinajstić information content (AvgIpc) is 1.88. The molecular formula is C9H12O. The van der Waals surface area contributed by atoms with Crippen molar-refractivity contribution in [3.05, 3.63) is 24.3 Å². The van der Waals surface area contributed by atoms with Crippen LogP contribution in [0.25, 0.3) is 0 Å². The number of rotatable bonds is 2. The van der Waals surface area contributed by atoms with Gasteiger partial charge < -0.3 is 4.79 Å². The first-order chi connectivity index (χ1) is 4.79. The molecule has 0 radical (unpaired) electrons. The van der Waals surface area contributed by atoms with Crippen molar-refractivity contribution in [1.82, 2.24) is 0 Å². The van der Waals surface area contributed by atoms with E-state index in [1.165, 1.54) is 0 Å². The smallest absolute Gasteiger partial charge is 0.130 e. The van der Waals surface area contributed by atoms with Gasteiger partial charge in [0.15, 0.2) is 0 Å². The van der Waals surface area contributed by atoms with Crippen LogP contribution in [-0.2, 0) is 4.79 Å². The zero-order valence-corrected chi connectivity index (χ0v) is 6.21. The Labute approximate surface area is 61.4 Å². The van der Waals surface area contributed by atoms with Crippen molar-refractivity contribution in [3.8, 4) is 0 Å². The lowest BCUT2D eigenvalue weighted by Gasteiger charge is -2.09. The second-order valence-electron chi connectivity index (χ2n) is 2.71. The molecule has 1 nitrogen and oxygen atoms in total. The van der Waals surface area contributed by atoms with Gasteiger partial charge in [-0.1, -0.05) is 24.3 Å². The maximum absolute atomic E-state index is 10.7. The predicted octanol–water partition coefficient (Wildman–Crippen LogP) is 2.10. The van der Waals surface area contributed by atoms with Crippen molar-refractivity contribution in [2.75, 3.05) is 0 Å². The molecule has 0 aromatic rings. The molecular weight excluding hydrogens is 124 g/mol. The lowest BCUT2D eigenvalue weighted by molar-refractivity contribution is -0.117. The zero-order valence-electron chi connectivity index (χ0n) is 6.21. The number of carbonyl (C=O) groups is 1. The van der Waals surface area contributed by atoms with Crippen LogP contribution in [0.2, 0.25) is 0 Å². The highest BCUT2D eigenvalue weighted by atomic mass is 16.1. The molecule has 0 amide bonds. The lowest BCUT2D eigenvalue weighted by Crippen LogP contribution is -2.03. The fourth-order valence-corrected chi connectivity index (χ4v) is 1.15. The normalized spacial score (nSPS) is 23.1. The van der Waals surface area contributed by atoms with E-state index in [-0.39, 0.29) is 5.78 Å². The van der Waals surface area contributed by atoms with Crippen molar-refractivity contribution >= 4 is 5.78 Å². The largest absolute Gasteiger partial charge is 0.300 e. The molecule has 0 aliphatic heterocycles. The van der Waals surface area contributed by atoms with Crippen LogP contribution in [0.5, 0.6) is 0 Å². The second kappa shape index (κ2) is 3.35. The summed E-state index contributed by atoms with van der Waals surface area (Å²) in [6.45, 7) is 1.64. The summed E-state index contributed by atoms with van der Waals surface area (Å²) < 4.78 is 0. The highest BCUT2D eigenvalue weighted by Crippen LogP contribution is 2.15. The quantitative estimate of drug-likeness (QED) is 0.568. The maximum Gasteiger partial charge on any atom is 0.130 e. The van der Waals surface area contributed by atoms with E-state index >= 15 is 0 Å². The maximum atomic E-state index is 10.7. The molecule has 0 bridgehead atoms. The molecule has 0 N–H and O–H groups in total. The number of carbonyl (C=O) groups excluding carboxylic acids is 1. The molecule has 0 saturated carbocycles. The minimum Gasteiger partial charge on any atom is -0.300 e. The zero-order chi connectivity index (χ0) is 7.40. The summed E-state index contributed by atoms with van der Waals surface area (Å²) in [5, 5.41) is 0. The van der Waals surface area contributed by atoms with Gasteiger partial charge in [0, 0.05) is 6.42 Å². The molecule has 0 heterocycles. The van der Waals surface area contributed by atoms with E-state index in [9.17, 15) is 4.79 Å². The topological polar surface area (TPSA) is 17.1 Å². The van der Waals surface area contributed by atoms with Gasteiger partial charge >= 0.3 is 0 Å². The van der Waals surface area contributed by atoms with Gasteiger partial charge in [-0.15, -0.1) is 0 Å². The number of allylic oxidation sites excluding steroid dienone is 4. The van der Waals surface area contributed by atoms with Gasteiger partial charge in [0.1, 0.15) is 5.78 Å². The van der Waals surface area contributed by atoms with E-state index in [0.717, 1.165) is 6.42 Å². The Balaban J connectivity index is 2.37. The molecule has 0 aromatic heterocycles. The van der Waals surface area contributed by atoms with Crippen molar-refractivity contribution < 1.29 is 4.79 Å². The van der Waals surface area contributed by atoms with Crippen molar-refractivity contribution in [2.24, 2.45) is 5.92 Å². The molecule has 1 unspecified atom stereocenters. The molecule has 1 atom stereocenters. The van der Waals surface area contributed by atoms with Crippen molar-refractivity contribution in [2.45, 2.75) is 19.8 Å². The Bertz CT molecular complexity index is 177. The summed E-state index contributed by atoms with van der Waals surface area (Å²) in [6, 6.07) is 0. The Morgan fingerprint density at radius 3 is 2.90 bits per heavy atom. The van der Waals surface area contributed by atoms with E-state index in [1.54, 1.807) is 6.92 Å². The van der Waals surface area contributed by atoms with Gasteiger partial charge in [0.05, 0.1) is 0 Å². The number of hydrogen-bond acceptors (Lipinski definition) is 1. The minimum absolute atomic E-state index is 0.282. The molecule has 1 aliphatic carbocycles. The first kappa shape index (κ1) is 7.26. The summed E-state index contributed by atoms with van der Waals surface area (Å²) in [5.41, 5.74) is 0. The number of Topliss-reactive ketones (excluding diaryl/α,β-unsaturated/α-hetero) is 1. The van der Waals surface area contributed by atoms with E-state index in [1.807, 2.05) is 12.2 Å².